The SMILES string of the molecule is NC(=O)NSCC1CN(c2ccc3c(c2)CCN3C(=O)CO)C(=O)O1. The van der Waals surface area contributed by atoms with E-state index in [0.717, 1.165) is 23.2 Å². The Bertz CT molecular complexity index is 713. The van der Waals surface area contributed by atoms with E-state index in [0.29, 0.717) is 31.0 Å². The van der Waals surface area contributed by atoms with Crippen LogP contribution in [0.5, 0.6) is 0 Å². The summed E-state index contributed by atoms with van der Waals surface area (Å²) in [5.74, 6) is 0.0562. The van der Waals surface area contributed by atoms with Crippen molar-refractivity contribution in [3.63, 3.8) is 0 Å². The van der Waals surface area contributed by atoms with E-state index >= 15 is 0 Å². The van der Waals surface area contributed by atoms with Crippen LogP contribution in [0.15, 0.2) is 18.2 Å². The fraction of sp³-hybridized carbons (Fsp3) is 0.400. The number of aliphatic hydroxyl groups is 1. The van der Waals surface area contributed by atoms with Crippen molar-refractivity contribution in [3.05, 3.63) is 23.8 Å². The molecule has 0 aromatic heterocycles. The van der Waals surface area contributed by atoms with E-state index in [-0.39, 0.29) is 12.0 Å². The molecule has 1 aromatic rings. The Kier molecular flexibility index (Phi) is 5.00. The van der Waals surface area contributed by atoms with Crippen LogP contribution < -0.4 is 20.3 Å². The van der Waals surface area contributed by atoms with Crippen molar-refractivity contribution in [3.8, 4) is 0 Å². The van der Waals surface area contributed by atoms with Gasteiger partial charge in [0, 0.05) is 17.9 Å². The minimum atomic E-state index is -0.646. The molecule has 2 aliphatic heterocycles. The number of carbonyl (C=O) groups is 3. The molecule has 3 rings (SSSR count). The van der Waals surface area contributed by atoms with Gasteiger partial charge in [-0.25, -0.2) is 9.59 Å². The number of aliphatic hydroxyl groups excluding tert-OH is 1. The number of fused-ring (bicyclic) bond motifs is 1. The number of benzene rings is 1. The number of anilines is 2. The molecule has 9 nitrogen and oxygen atoms in total. The Balaban J connectivity index is 1.68. The van der Waals surface area contributed by atoms with E-state index in [9.17, 15) is 14.4 Å². The number of nitrogens with two attached hydrogens (primary N) is 1. The summed E-state index contributed by atoms with van der Waals surface area (Å²) >= 11 is 1.09. The third kappa shape index (κ3) is 3.64. The second-order valence-electron chi connectivity index (χ2n) is 5.66. The number of rotatable bonds is 5. The molecule has 10 heteroatoms. The summed E-state index contributed by atoms with van der Waals surface area (Å²) in [7, 11) is 0. The largest absolute Gasteiger partial charge is 0.443 e. The molecule has 1 unspecified atom stereocenters. The first-order chi connectivity index (χ1) is 12.0. The quantitative estimate of drug-likeness (QED) is 0.640. The summed E-state index contributed by atoms with van der Waals surface area (Å²) in [5, 5.41) is 9.02. The normalized spacial score (nSPS) is 18.9. The van der Waals surface area contributed by atoms with Gasteiger partial charge in [-0.05, 0) is 42.1 Å². The van der Waals surface area contributed by atoms with Gasteiger partial charge in [-0.1, -0.05) is 0 Å². The second-order valence-corrected chi connectivity index (χ2v) is 6.49. The molecule has 0 saturated carbocycles. The Hall–Kier alpha value is -2.46. The van der Waals surface area contributed by atoms with Gasteiger partial charge >= 0.3 is 12.1 Å². The van der Waals surface area contributed by atoms with Crippen molar-refractivity contribution >= 4 is 41.4 Å². The number of cyclic esters (lactones) is 1. The zero-order valence-electron chi connectivity index (χ0n) is 13.3. The first-order valence-electron chi connectivity index (χ1n) is 7.69. The molecular weight excluding hydrogens is 348 g/mol. The number of ether oxygens (including phenoxy) is 1. The van der Waals surface area contributed by atoms with Gasteiger partial charge < -0.3 is 20.5 Å². The summed E-state index contributed by atoms with van der Waals surface area (Å²) < 4.78 is 7.67. The highest BCUT2D eigenvalue weighted by atomic mass is 32.2. The van der Waals surface area contributed by atoms with E-state index in [4.69, 9.17) is 15.6 Å². The molecule has 4 amide bonds. The lowest BCUT2D eigenvalue weighted by Crippen LogP contribution is -2.31. The maximum Gasteiger partial charge on any atom is 0.414 e. The van der Waals surface area contributed by atoms with Crippen LogP contribution in [0, 0.1) is 0 Å². The van der Waals surface area contributed by atoms with E-state index < -0.39 is 18.7 Å². The summed E-state index contributed by atoms with van der Waals surface area (Å²) in [5.41, 5.74) is 7.38. The smallest absolute Gasteiger partial charge is 0.414 e. The number of hydrogen-bond donors (Lipinski definition) is 3. The van der Waals surface area contributed by atoms with Crippen molar-refractivity contribution < 1.29 is 24.2 Å². The molecule has 1 aromatic carbocycles. The molecule has 4 N–H and O–H groups in total. The predicted molar refractivity (Wildman–Crippen MR) is 92.4 cm³/mol. The van der Waals surface area contributed by atoms with E-state index in [1.54, 1.807) is 12.1 Å². The first kappa shape index (κ1) is 17.4. The number of primary amides is 1. The van der Waals surface area contributed by atoms with Crippen LogP contribution >= 0.6 is 11.9 Å². The second kappa shape index (κ2) is 7.19. The molecule has 0 spiro atoms. The van der Waals surface area contributed by atoms with E-state index in [1.165, 1.54) is 9.80 Å². The minimum Gasteiger partial charge on any atom is -0.443 e. The highest BCUT2D eigenvalue weighted by Gasteiger charge is 2.33. The van der Waals surface area contributed by atoms with Crippen molar-refractivity contribution in [2.75, 3.05) is 35.2 Å². The monoisotopic (exact) mass is 366 g/mol. The molecule has 1 atom stereocenters. The number of carbonyl (C=O) groups excluding carboxylic acids is 3. The fourth-order valence-electron chi connectivity index (χ4n) is 2.93. The zero-order valence-corrected chi connectivity index (χ0v) is 14.1. The highest BCUT2D eigenvalue weighted by molar-refractivity contribution is 7.97. The van der Waals surface area contributed by atoms with Crippen LogP contribution in [0.2, 0.25) is 0 Å². The van der Waals surface area contributed by atoms with Crippen molar-refractivity contribution in [1.29, 1.82) is 0 Å². The fourth-order valence-corrected chi connectivity index (χ4v) is 3.51. The lowest BCUT2D eigenvalue weighted by molar-refractivity contribution is -0.121. The summed E-state index contributed by atoms with van der Waals surface area (Å²) in [6.45, 7) is 0.351. The Labute approximate surface area is 148 Å². The molecule has 134 valence electrons. The van der Waals surface area contributed by atoms with E-state index in [2.05, 4.69) is 4.72 Å². The number of nitrogens with one attached hydrogen (secondary N) is 1. The van der Waals surface area contributed by atoms with Crippen molar-refractivity contribution in [2.24, 2.45) is 5.73 Å². The van der Waals surface area contributed by atoms with Gasteiger partial charge in [0.05, 0.1) is 12.3 Å². The van der Waals surface area contributed by atoms with Crippen LogP contribution in [0.4, 0.5) is 21.0 Å². The summed E-state index contributed by atoms with van der Waals surface area (Å²) in [4.78, 5) is 37.5. The lowest BCUT2D eigenvalue weighted by Gasteiger charge is -2.18. The zero-order chi connectivity index (χ0) is 18.0. The van der Waals surface area contributed by atoms with E-state index in [1.807, 2.05) is 6.07 Å². The Morgan fingerprint density at radius 3 is 2.96 bits per heavy atom. The standard InChI is InChI=1S/C15H18N4O5S/c16-14(22)17-25-8-11-6-19(15(23)24-11)10-1-2-12-9(5-10)3-4-18(12)13(21)7-20/h1-2,5,11,20H,3-4,6-8H2,(H3,16,17,22). The van der Waals surface area contributed by atoms with Gasteiger partial charge in [0.15, 0.2) is 0 Å². The van der Waals surface area contributed by atoms with Crippen LogP contribution in [-0.4, -0.2) is 54.7 Å². The average Bonchev–Trinajstić information content (AvgIpc) is 3.16. The molecule has 0 bridgehead atoms. The number of hydrogen-bond acceptors (Lipinski definition) is 6. The Morgan fingerprint density at radius 2 is 2.24 bits per heavy atom. The molecule has 1 fully saturated rings. The third-order valence-electron chi connectivity index (χ3n) is 4.02. The van der Waals surface area contributed by atoms with Gasteiger partial charge in [-0.3, -0.25) is 14.4 Å². The van der Waals surface area contributed by atoms with Crippen LogP contribution in [0.25, 0.3) is 0 Å². The third-order valence-corrected chi connectivity index (χ3v) is 4.91. The van der Waals surface area contributed by atoms with Gasteiger partial charge in [-0.2, -0.15) is 0 Å². The molecule has 0 aliphatic carbocycles. The molecule has 0 radical (unpaired) electrons. The van der Waals surface area contributed by atoms with Crippen LogP contribution in [0.1, 0.15) is 5.56 Å². The maximum atomic E-state index is 12.1. The molecular formula is C15H18N4O5S. The van der Waals surface area contributed by atoms with Crippen LogP contribution in [0.3, 0.4) is 0 Å². The summed E-state index contributed by atoms with van der Waals surface area (Å²) in [6.07, 6.45) is -0.143. The van der Waals surface area contributed by atoms with Gasteiger partial charge in [0.2, 0.25) is 0 Å². The topological polar surface area (TPSA) is 125 Å². The van der Waals surface area contributed by atoms with Gasteiger partial charge in [0.1, 0.15) is 12.7 Å². The predicted octanol–water partition coefficient (Wildman–Crippen LogP) is 0.210. The maximum absolute atomic E-state index is 12.1. The molecule has 2 aliphatic rings. The average molecular weight is 366 g/mol. The van der Waals surface area contributed by atoms with Crippen LogP contribution in [-0.2, 0) is 16.0 Å². The number of nitrogens with zero attached hydrogens (tertiary/aromatic N) is 2. The number of urea groups is 1. The lowest BCUT2D eigenvalue weighted by atomic mass is 10.1. The Morgan fingerprint density at radius 1 is 1.44 bits per heavy atom. The van der Waals surface area contributed by atoms with Gasteiger partial charge in [-0.15, -0.1) is 0 Å². The van der Waals surface area contributed by atoms with Crippen molar-refractivity contribution in [2.45, 2.75) is 12.5 Å². The first-order valence-corrected chi connectivity index (χ1v) is 8.67. The molecule has 25 heavy (non-hydrogen) atoms. The molecule has 2 heterocycles. The molecule has 1 saturated heterocycles. The van der Waals surface area contributed by atoms with Crippen molar-refractivity contribution in [1.82, 2.24) is 4.72 Å². The summed E-state index contributed by atoms with van der Waals surface area (Å²) in [6, 6.07) is 4.74. The highest BCUT2D eigenvalue weighted by Crippen LogP contribution is 2.33. The van der Waals surface area contributed by atoms with Gasteiger partial charge in [0.25, 0.3) is 5.91 Å². The minimum absolute atomic E-state index is 0.342. The number of amides is 4.